The van der Waals surface area contributed by atoms with Crippen LogP contribution in [0.5, 0.6) is 11.5 Å². The van der Waals surface area contributed by atoms with Crippen LogP contribution in [0.1, 0.15) is 15.9 Å². The Hall–Kier alpha value is -4.22. The maximum atomic E-state index is 12.0. The van der Waals surface area contributed by atoms with Gasteiger partial charge in [-0.2, -0.15) is 0 Å². The Bertz CT molecular complexity index is 1160. The molecule has 0 fully saturated rings. The van der Waals surface area contributed by atoms with Gasteiger partial charge in [0.05, 0.1) is 4.92 Å². The van der Waals surface area contributed by atoms with E-state index in [4.69, 9.17) is 9.05 Å². The average Bonchev–Trinajstić information content (AvgIpc) is 2.86. The van der Waals surface area contributed by atoms with Gasteiger partial charge in [-0.3, -0.25) is 14.9 Å². The third kappa shape index (κ3) is 7.45. The molecule has 0 bridgehead atoms. The van der Waals surface area contributed by atoms with Crippen LogP contribution < -0.4 is 9.05 Å². The molecule has 0 unspecified atom stereocenters. The van der Waals surface area contributed by atoms with Gasteiger partial charge in [-0.25, -0.2) is 4.57 Å². The summed E-state index contributed by atoms with van der Waals surface area (Å²) in [6, 6.07) is 32.3. The highest BCUT2D eigenvalue weighted by molar-refractivity contribution is 7.34. The first kappa shape index (κ1) is 23.4. The number of nitro groups is 1. The number of benzene rings is 4. The molecule has 0 aliphatic heterocycles. The molecule has 0 aliphatic rings. The molecule has 0 aliphatic carbocycles. The van der Waals surface area contributed by atoms with Gasteiger partial charge < -0.3 is 9.05 Å². The van der Waals surface area contributed by atoms with Gasteiger partial charge in [0, 0.05) is 23.3 Å². The van der Waals surface area contributed by atoms with E-state index in [1.807, 2.05) is 42.5 Å². The number of hydrogen-bond acceptors (Lipinski definition) is 6. The van der Waals surface area contributed by atoms with Crippen molar-refractivity contribution in [3.8, 4) is 11.5 Å². The van der Waals surface area contributed by atoms with Crippen LogP contribution in [0.15, 0.2) is 115 Å². The quantitative estimate of drug-likeness (QED) is 0.138. The van der Waals surface area contributed by atoms with Gasteiger partial charge in [0.1, 0.15) is 11.5 Å². The largest absolute Gasteiger partial charge is 0.418 e. The molecule has 0 amide bonds. The van der Waals surface area contributed by atoms with E-state index in [0.717, 1.165) is 0 Å². The topological polar surface area (TPSA) is 95.7 Å². The van der Waals surface area contributed by atoms with Crippen LogP contribution in [-0.4, -0.2) is 10.7 Å². The summed E-state index contributed by atoms with van der Waals surface area (Å²) >= 11 is 0. The summed E-state index contributed by atoms with van der Waals surface area (Å²) < 4.78 is 21.8. The molecule has 7 nitrogen and oxygen atoms in total. The number of carbonyl (C=O) groups is 1. The number of ketones is 1. The maximum Gasteiger partial charge on any atom is 0.418 e. The van der Waals surface area contributed by atoms with Crippen molar-refractivity contribution in [2.24, 2.45) is 0 Å². The number of para-hydroxylation sites is 2. The first-order chi connectivity index (χ1) is 16.0. The van der Waals surface area contributed by atoms with E-state index < -0.39 is 13.2 Å². The van der Waals surface area contributed by atoms with Gasteiger partial charge in [-0.15, -0.1) is 0 Å². The summed E-state index contributed by atoms with van der Waals surface area (Å²) in [6.07, 6.45) is 0. The smallest absolute Gasteiger partial charge is 0.418 e. The molecule has 0 saturated carbocycles. The van der Waals surface area contributed by atoms with Gasteiger partial charge >= 0.3 is 8.25 Å². The highest BCUT2D eigenvalue weighted by Gasteiger charge is 2.10. The summed E-state index contributed by atoms with van der Waals surface area (Å²) in [5.41, 5.74) is 0.998. The van der Waals surface area contributed by atoms with Crippen molar-refractivity contribution in [3.63, 3.8) is 0 Å². The highest BCUT2D eigenvalue weighted by Crippen LogP contribution is 2.29. The van der Waals surface area contributed by atoms with Crippen LogP contribution in [-0.2, 0) is 4.57 Å². The molecule has 8 heteroatoms. The van der Waals surface area contributed by atoms with Crippen LogP contribution in [0.25, 0.3) is 0 Å². The third-order valence-corrected chi connectivity index (χ3v) is 5.07. The Kier molecular flexibility index (Phi) is 8.51. The molecule has 0 spiro atoms. The highest BCUT2D eigenvalue weighted by atomic mass is 31.1. The van der Waals surface area contributed by atoms with E-state index >= 15 is 0 Å². The van der Waals surface area contributed by atoms with Crippen LogP contribution >= 0.6 is 8.25 Å². The monoisotopic (exact) mass is 461 g/mol. The molecule has 0 atom stereocenters. The molecular formula is C25H20NO6P. The molecule has 0 saturated heterocycles. The summed E-state index contributed by atoms with van der Waals surface area (Å²) in [5, 5.41) is 10.5. The van der Waals surface area contributed by atoms with Gasteiger partial charge in [0.2, 0.25) is 0 Å². The number of carbonyl (C=O) groups excluding carboxylic acids is 1. The predicted molar refractivity (Wildman–Crippen MR) is 126 cm³/mol. The Morgan fingerprint density at radius 1 is 0.636 bits per heavy atom. The zero-order chi connectivity index (χ0) is 23.5. The van der Waals surface area contributed by atoms with Gasteiger partial charge in [-0.05, 0) is 36.4 Å². The second-order valence-electron chi connectivity index (χ2n) is 6.58. The minimum absolute atomic E-state index is 0.0189. The first-order valence-corrected chi connectivity index (χ1v) is 11.1. The lowest BCUT2D eigenvalue weighted by Gasteiger charge is -2.07. The molecule has 33 heavy (non-hydrogen) atoms. The molecule has 0 radical (unpaired) electrons. The van der Waals surface area contributed by atoms with Crippen molar-refractivity contribution >= 4 is 19.7 Å². The fourth-order valence-corrected chi connectivity index (χ4v) is 3.38. The minimum Gasteiger partial charge on any atom is -0.418 e. The number of nitrogens with zero attached hydrogens (tertiary/aromatic N) is 1. The summed E-state index contributed by atoms with van der Waals surface area (Å²) in [6.45, 7) is 0. The van der Waals surface area contributed by atoms with Crippen molar-refractivity contribution in [1.29, 1.82) is 0 Å². The molecule has 166 valence electrons. The summed E-state index contributed by atoms with van der Waals surface area (Å²) in [5.74, 6) is 0.949. The van der Waals surface area contributed by atoms with Crippen molar-refractivity contribution in [1.82, 2.24) is 0 Å². The third-order valence-electron chi connectivity index (χ3n) is 4.27. The second kappa shape index (κ2) is 12.0. The van der Waals surface area contributed by atoms with Crippen molar-refractivity contribution in [3.05, 3.63) is 137 Å². The number of non-ortho nitro benzene ring substituents is 1. The standard InChI is InChI=1S/C13H9NO3.C12H11O3P/c15-13(10-4-2-1-3-5-10)11-6-8-12(9-7-11)14(16)17;13-16(14-11-7-3-1-4-8-11)15-12-9-5-2-6-10-12/h1-9H;1-10,16H. The van der Waals surface area contributed by atoms with Gasteiger partial charge in [0.25, 0.3) is 5.69 Å². The number of rotatable bonds is 7. The molecule has 0 aromatic heterocycles. The van der Waals surface area contributed by atoms with E-state index in [1.54, 1.807) is 48.5 Å². The van der Waals surface area contributed by atoms with Crippen LogP contribution in [0.2, 0.25) is 0 Å². The predicted octanol–water partition coefficient (Wildman–Crippen LogP) is 6.36. The van der Waals surface area contributed by atoms with Crippen LogP contribution in [0, 0.1) is 10.1 Å². The number of nitro benzene ring substituents is 1. The lowest BCUT2D eigenvalue weighted by Crippen LogP contribution is -2.00. The minimum atomic E-state index is -2.54. The number of hydrogen-bond donors (Lipinski definition) is 0. The van der Waals surface area contributed by atoms with Gasteiger partial charge in [-0.1, -0.05) is 66.7 Å². The SMILES string of the molecule is O=C(c1ccccc1)c1ccc([N+](=O)[O-])cc1.O=[PH](Oc1ccccc1)Oc1ccccc1. The van der Waals surface area contributed by atoms with Crippen molar-refractivity contribution < 1.29 is 23.3 Å². The zero-order valence-electron chi connectivity index (χ0n) is 17.4. The maximum absolute atomic E-state index is 12.0. The van der Waals surface area contributed by atoms with Crippen LogP contribution in [0.3, 0.4) is 0 Å². The first-order valence-electron chi connectivity index (χ1n) is 9.87. The van der Waals surface area contributed by atoms with E-state index in [2.05, 4.69) is 0 Å². The van der Waals surface area contributed by atoms with E-state index in [-0.39, 0.29) is 11.5 Å². The Morgan fingerprint density at radius 2 is 1.03 bits per heavy atom. The molecule has 4 rings (SSSR count). The zero-order valence-corrected chi connectivity index (χ0v) is 18.4. The fourth-order valence-electron chi connectivity index (χ4n) is 2.68. The molecule has 0 N–H and O–H groups in total. The van der Waals surface area contributed by atoms with E-state index in [9.17, 15) is 19.5 Å². The Balaban J connectivity index is 0.000000186. The normalized spacial score (nSPS) is 9.97. The van der Waals surface area contributed by atoms with E-state index in [0.29, 0.717) is 22.6 Å². The Labute approximate surface area is 191 Å². The summed E-state index contributed by atoms with van der Waals surface area (Å²) in [7, 11) is -2.54. The lowest BCUT2D eigenvalue weighted by molar-refractivity contribution is -0.384. The molecule has 4 aromatic carbocycles. The van der Waals surface area contributed by atoms with Crippen molar-refractivity contribution in [2.45, 2.75) is 0 Å². The summed E-state index contributed by atoms with van der Waals surface area (Å²) in [4.78, 5) is 21.9. The lowest BCUT2D eigenvalue weighted by atomic mass is 10.0. The Morgan fingerprint density at radius 3 is 1.45 bits per heavy atom. The molecular weight excluding hydrogens is 441 g/mol. The van der Waals surface area contributed by atoms with E-state index in [1.165, 1.54) is 24.3 Å². The fraction of sp³-hybridized carbons (Fsp3) is 0. The van der Waals surface area contributed by atoms with Gasteiger partial charge in [0.15, 0.2) is 5.78 Å². The second-order valence-corrected chi connectivity index (χ2v) is 7.49. The van der Waals surface area contributed by atoms with Crippen LogP contribution in [0.4, 0.5) is 5.69 Å². The average molecular weight is 461 g/mol. The molecule has 0 heterocycles. The van der Waals surface area contributed by atoms with Crippen molar-refractivity contribution in [2.75, 3.05) is 0 Å². The molecule has 4 aromatic rings.